The van der Waals surface area contributed by atoms with Crippen molar-refractivity contribution in [3.8, 4) is 10.6 Å². The van der Waals surface area contributed by atoms with E-state index in [4.69, 9.17) is 10.7 Å². The summed E-state index contributed by atoms with van der Waals surface area (Å²) in [6.45, 7) is 8.67. The zero-order valence-corrected chi connectivity index (χ0v) is 19.6. The maximum absolute atomic E-state index is 6.56. The summed E-state index contributed by atoms with van der Waals surface area (Å²) in [7, 11) is 0. The van der Waals surface area contributed by atoms with Crippen LogP contribution in [0.4, 0.5) is 17.1 Å². The van der Waals surface area contributed by atoms with Gasteiger partial charge < -0.3 is 15.5 Å². The van der Waals surface area contributed by atoms with Crippen molar-refractivity contribution in [2.24, 2.45) is 0 Å². The molecule has 0 atom stereocenters. The summed E-state index contributed by atoms with van der Waals surface area (Å²) in [5.41, 5.74) is 16.3. The quantitative estimate of drug-likeness (QED) is 0.339. The van der Waals surface area contributed by atoms with Gasteiger partial charge in [-0.05, 0) is 70.2 Å². The summed E-state index contributed by atoms with van der Waals surface area (Å²) in [5, 5.41) is 0.955. The Balaban J connectivity index is 1.55. The minimum absolute atomic E-state index is 0.739. The minimum atomic E-state index is 0.739. The lowest BCUT2D eigenvalue weighted by molar-refractivity contribution is 0.889. The van der Waals surface area contributed by atoms with E-state index in [0.29, 0.717) is 0 Å². The Bertz CT molecular complexity index is 1320. The summed E-state index contributed by atoms with van der Waals surface area (Å²) >= 11 is 1.68. The van der Waals surface area contributed by atoms with E-state index in [1.807, 2.05) is 24.3 Å². The number of para-hydroxylation sites is 2. The van der Waals surface area contributed by atoms with Crippen molar-refractivity contribution in [3.05, 3.63) is 95.6 Å². The zero-order valence-electron chi connectivity index (χ0n) is 18.8. The van der Waals surface area contributed by atoms with Crippen LogP contribution < -0.4 is 15.5 Å². The predicted molar refractivity (Wildman–Crippen MR) is 138 cm³/mol. The maximum Gasteiger partial charge on any atom is 0.126 e. The number of hydrogen-bond acceptors (Lipinski definition) is 5. The molecular weight excluding hydrogens is 412 g/mol. The van der Waals surface area contributed by atoms with Gasteiger partial charge in [0.05, 0.1) is 10.2 Å². The third-order valence-corrected chi connectivity index (χ3v) is 7.29. The van der Waals surface area contributed by atoms with Crippen LogP contribution in [0.3, 0.4) is 0 Å². The molecule has 0 unspecified atom stereocenters. The van der Waals surface area contributed by atoms with Gasteiger partial charge in [-0.3, -0.25) is 0 Å². The molecule has 2 N–H and O–H groups in total. The summed E-state index contributed by atoms with van der Waals surface area (Å²) in [6.07, 6.45) is 0. The van der Waals surface area contributed by atoms with Crippen LogP contribution in [0.1, 0.15) is 27.7 Å². The average molecular weight is 439 g/mol. The molecule has 2 heterocycles. The van der Waals surface area contributed by atoms with Gasteiger partial charge in [0.1, 0.15) is 5.01 Å². The Morgan fingerprint density at radius 3 is 1.91 bits per heavy atom. The van der Waals surface area contributed by atoms with Crippen molar-refractivity contribution in [2.45, 2.75) is 27.7 Å². The van der Waals surface area contributed by atoms with Crippen LogP contribution in [0.5, 0.6) is 0 Å². The Morgan fingerprint density at radius 1 is 0.688 bits per heavy atom. The van der Waals surface area contributed by atoms with Crippen LogP contribution in [0, 0.1) is 0 Å². The van der Waals surface area contributed by atoms with Crippen molar-refractivity contribution in [2.75, 3.05) is 15.5 Å². The van der Waals surface area contributed by atoms with Crippen LogP contribution in [-0.2, 0) is 0 Å². The molecule has 0 amide bonds. The van der Waals surface area contributed by atoms with Gasteiger partial charge in [0.2, 0.25) is 0 Å². The molecule has 5 rings (SSSR count). The molecule has 1 aromatic heterocycles. The monoisotopic (exact) mass is 438 g/mol. The number of fused-ring (bicyclic) bond motifs is 1. The number of nitrogen functional groups attached to an aromatic ring is 1. The molecule has 0 radical (unpaired) electrons. The number of nitrogens with zero attached hydrogens (tertiary/aromatic N) is 3. The Kier molecular flexibility index (Phi) is 4.98. The van der Waals surface area contributed by atoms with Gasteiger partial charge in [0.15, 0.2) is 0 Å². The lowest BCUT2D eigenvalue weighted by Gasteiger charge is -2.40. The van der Waals surface area contributed by atoms with Gasteiger partial charge in [0, 0.05) is 45.4 Å². The van der Waals surface area contributed by atoms with E-state index in [2.05, 4.69) is 86.0 Å². The highest BCUT2D eigenvalue weighted by Crippen LogP contribution is 2.40. The van der Waals surface area contributed by atoms with E-state index in [1.165, 1.54) is 33.2 Å². The van der Waals surface area contributed by atoms with Gasteiger partial charge >= 0.3 is 0 Å². The highest BCUT2D eigenvalue weighted by molar-refractivity contribution is 7.21. The van der Waals surface area contributed by atoms with E-state index in [0.717, 1.165) is 27.5 Å². The second kappa shape index (κ2) is 7.84. The first-order valence-electron chi connectivity index (χ1n) is 10.7. The van der Waals surface area contributed by atoms with Crippen molar-refractivity contribution < 1.29 is 0 Å². The number of aromatic nitrogens is 1. The van der Waals surface area contributed by atoms with Gasteiger partial charge in [-0.25, -0.2) is 4.98 Å². The first kappa shape index (κ1) is 20.3. The number of thiazole rings is 1. The third-order valence-electron chi connectivity index (χ3n) is 6.22. The number of allylic oxidation sites excluding steroid dienone is 4. The average Bonchev–Trinajstić information content (AvgIpc) is 3.23. The van der Waals surface area contributed by atoms with Gasteiger partial charge in [0.25, 0.3) is 0 Å². The van der Waals surface area contributed by atoms with Crippen LogP contribution in [-0.4, -0.2) is 4.98 Å². The van der Waals surface area contributed by atoms with Gasteiger partial charge in [-0.2, -0.15) is 0 Å². The third kappa shape index (κ3) is 3.26. The van der Waals surface area contributed by atoms with E-state index < -0.39 is 0 Å². The molecule has 0 spiro atoms. The topological polar surface area (TPSA) is 45.4 Å². The molecule has 1 aliphatic rings. The number of anilines is 3. The lowest BCUT2D eigenvalue weighted by Crippen LogP contribution is -2.34. The molecule has 1 aliphatic heterocycles. The number of nitrogens with two attached hydrogens (primary N) is 1. The highest BCUT2D eigenvalue weighted by Gasteiger charge is 2.27. The summed E-state index contributed by atoms with van der Waals surface area (Å²) in [5.74, 6) is 0. The zero-order chi connectivity index (χ0) is 22.4. The number of benzene rings is 3. The van der Waals surface area contributed by atoms with Crippen LogP contribution in [0.25, 0.3) is 20.8 Å². The summed E-state index contributed by atoms with van der Waals surface area (Å²) in [6, 6.07) is 25.0. The summed E-state index contributed by atoms with van der Waals surface area (Å²) < 4.78 is 1.17. The van der Waals surface area contributed by atoms with E-state index in [-0.39, 0.29) is 0 Å². The molecule has 0 fully saturated rings. The fourth-order valence-corrected chi connectivity index (χ4v) is 5.39. The molecule has 3 aromatic carbocycles. The molecule has 160 valence electrons. The number of rotatable bonds is 3. The molecular formula is C27H26N4S. The van der Waals surface area contributed by atoms with Gasteiger partial charge in [-0.15, -0.1) is 11.3 Å². The molecule has 5 heteroatoms. The first-order chi connectivity index (χ1) is 15.5. The van der Waals surface area contributed by atoms with E-state index >= 15 is 0 Å². The highest BCUT2D eigenvalue weighted by atomic mass is 32.1. The Morgan fingerprint density at radius 2 is 1.28 bits per heavy atom. The van der Waals surface area contributed by atoms with Gasteiger partial charge in [-0.1, -0.05) is 30.3 Å². The molecule has 4 aromatic rings. The molecule has 0 saturated heterocycles. The predicted octanol–water partition coefficient (Wildman–Crippen LogP) is 7.37. The Labute approximate surface area is 192 Å². The van der Waals surface area contributed by atoms with Crippen LogP contribution in [0.15, 0.2) is 95.6 Å². The normalized spacial score (nSPS) is 14.6. The second-order valence-electron chi connectivity index (χ2n) is 8.11. The Hall–Kier alpha value is -3.57. The summed E-state index contributed by atoms with van der Waals surface area (Å²) in [4.78, 5) is 9.40. The van der Waals surface area contributed by atoms with E-state index in [9.17, 15) is 0 Å². The fraction of sp³-hybridized carbons (Fsp3) is 0.148. The molecule has 4 nitrogen and oxygen atoms in total. The lowest BCUT2D eigenvalue weighted by atomic mass is 10.1. The van der Waals surface area contributed by atoms with Crippen LogP contribution in [0.2, 0.25) is 0 Å². The molecule has 0 saturated carbocycles. The van der Waals surface area contributed by atoms with Crippen molar-refractivity contribution in [1.29, 1.82) is 0 Å². The standard InChI is InChI=1S/C27H26N4S/c1-17-19(3)31(20(4)18(2)30(17)21-10-6-5-7-11-21)22-14-15-23(24(28)16-22)27-29-25-12-8-9-13-26(25)32-27/h5-16H,28H2,1-4H3. The maximum atomic E-state index is 6.56. The first-order valence-corrected chi connectivity index (χ1v) is 11.5. The van der Waals surface area contributed by atoms with Crippen molar-refractivity contribution in [3.63, 3.8) is 0 Å². The SMILES string of the molecule is CC1=C(C)N(c2ccc(-c3nc4ccccc4s3)c(N)c2)C(C)=C(C)N1c1ccccc1. The number of hydrogen-bond donors (Lipinski definition) is 1. The molecule has 32 heavy (non-hydrogen) atoms. The second-order valence-corrected chi connectivity index (χ2v) is 9.14. The smallest absolute Gasteiger partial charge is 0.126 e. The minimum Gasteiger partial charge on any atom is -0.398 e. The van der Waals surface area contributed by atoms with Crippen molar-refractivity contribution >= 4 is 38.6 Å². The fourth-order valence-electron chi connectivity index (χ4n) is 4.37. The largest absolute Gasteiger partial charge is 0.398 e. The van der Waals surface area contributed by atoms with Crippen LogP contribution >= 0.6 is 11.3 Å². The van der Waals surface area contributed by atoms with Crippen molar-refractivity contribution in [1.82, 2.24) is 4.98 Å². The molecule has 0 aliphatic carbocycles. The molecule has 0 bridgehead atoms. The van der Waals surface area contributed by atoms with E-state index in [1.54, 1.807) is 11.3 Å².